The third-order valence-electron chi connectivity index (χ3n) is 2.51. The highest BCUT2D eigenvalue weighted by Crippen LogP contribution is 2.38. The Bertz CT molecular complexity index is 417. The lowest BCUT2D eigenvalue weighted by molar-refractivity contribution is -0.141. The Morgan fingerprint density at radius 1 is 1.41 bits per heavy atom. The minimum Gasteiger partial charge on any atom is -0.493 e. The summed E-state index contributed by atoms with van der Waals surface area (Å²) in [6.45, 7) is 1.63. The van der Waals surface area contributed by atoms with Crippen LogP contribution in [0.15, 0.2) is 12.1 Å². The molecule has 0 amide bonds. The van der Waals surface area contributed by atoms with Crippen molar-refractivity contribution in [2.45, 2.75) is 13.3 Å². The zero-order chi connectivity index (χ0) is 13.0. The fourth-order valence-electron chi connectivity index (χ4n) is 1.50. The molecule has 1 N–H and O–H groups in total. The summed E-state index contributed by atoms with van der Waals surface area (Å²) in [7, 11) is 3.02. The molecule has 0 bridgehead atoms. The van der Waals surface area contributed by atoms with Crippen LogP contribution in [0.5, 0.6) is 11.5 Å². The fourth-order valence-corrected chi connectivity index (χ4v) is 1.82. The van der Waals surface area contributed by atoms with Gasteiger partial charge in [0.25, 0.3) is 0 Å². The molecule has 0 heterocycles. The first kappa shape index (κ1) is 13.6. The smallest absolute Gasteiger partial charge is 0.306 e. The molecule has 0 fully saturated rings. The maximum Gasteiger partial charge on any atom is 0.306 e. The number of benzene rings is 1. The van der Waals surface area contributed by atoms with Crippen molar-refractivity contribution in [3.8, 4) is 11.5 Å². The first-order valence-corrected chi connectivity index (χ1v) is 5.51. The molecule has 0 saturated carbocycles. The summed E-state index contributed by atoms with van der Waals surface area (Å²) in [6.07, 6.45) is 0.356. The van der Waals surface area contributed by atoms with E-state index in [-0.39, 0.29) is 0 Å². The summed E-state index contributed by atoms with van der Waals surface area (Å²) in [6, 6.07) is 3.47. The van der Waals surface area contributed by atoms with Gasteiger partial charge in [-0.05, 0) is 18.1 Å². The first-order valence-electron chi connectivity index (χ1n) is 5.13. The van der Waals surface area contributed by atoms with E-state index in [1.165, 1.54) is 14.2 Å². The molecule has 1 aromatic carbocycles. The summed E-state index contributed by atoms with van der Waals surface area (Å²) in [5.41, 5.74) is 0.735. The van der Waals surface area contributed by atoms with Crippen molar-refractivity contribution >= 4 is 17.6 Å². The van der Waals surface area contributed by atoms with Gasteiger partial charge in [0, 0.05) is 0 Å². The van der Waals surface area contributed by atoms with Gasteiger partial charge in [-0.15, -0.1) is 0 Å². The van der Waals surface area contributed by atoms with E-state index >= 15 is 0 Å². The summed E-state index contributed by atoms with van der Waals surface area (Å²) < 4.78 is 10.2. The maximum absolute atomic E-state index is 10.8. The van der Waals surface area contributed by atoms with Crippen LogP contribution in [0.2, 0.25) is 5.02 Å². The van der Waals surface area contributed by atoms with Gasteiger partial charge in [-0.1, -0.05) is 24.6 Å². The molecule has 1 unspecified atom stereocenters. The van der Waals surface area contributed by atoms with Crippen LogP contribution in [0.4, 0.5) is 0 Å². The van der Waals surface area contributed by atoms with E-state index < -0.39 is 11.9 Å². The predicted octanol–water partition coefficient (Wildman–Crippen LogP) is 2.62. The monoisotopic (exact) mass is 258 g/mol. The average Bonchev–Trinajstić information content (AvgIpc) is 2.31. The van der Waals surface area contributed by atoms with E-state index in [1.54, 1.807) is 19.1 Å². The molecule has 5 heteroatoms. The standard InChI is InChI=1S/C12H15ClO4/c1-7(12(14)15)6-8-4-5-9(16-2)11(17-3)10(8)13/h4-5,7H,6H2,1-3H3,(H,14,15). The van der Waals surface area contributed by atoms with E-state index in [2.05, 4.69) is 0 Å². The van der Waals surface area contributed by atoms with Crippen LogP contribution in [-0.2, 0) is 11.2 Å². The third kappa shape index (κ3) is 3.03. The average molecular weight is 259 g/mol. The summed E-state index contributed by atoms with van der Waals surface area (Å²) in [4.78, 5) is 10.8. The van der Waals surface area contributed by atoms with Gasteiger partial charge in [0.15, 0.2) is 11.5 Å². The summed E-state index contributed by atoms with van der Waals surface area (Å²) >= 11 is 6.14. The number of hydrogen-bond donors (Lipinski definition) is 1. The molecule has 0 radical (unpaired) electrons. The molecular formula is C12H15ClO4. The van der Waals surface area contributed by atoms with E-state index in [1.807, 2.05) is 0 Å². The molecule has 0 saturated heterocycles. The highest BCUT2D eigenvalue weighted by Gasteiger charge is 2.18. The van der Waals surface area contributed by atoms with Crippen LogP contribution in [0.1, 0.15) is 12.5 Å². The van der Waals surface area contributed by atoms with Gasteiger partial charge >= 0.3 is 5.97 Å². The predicted molar refractivity (Wildman–Crippen MR) is 65.1 cm³/mol. The van der Waals surface area contributed by atoms with Gasteiger partial charge in [-0.3, -0.25) is 4.79 Å². The number of carbonyl (C=O) groups is 1. The second-order valence-corrected chi connectivity index (χ2v) is 4.10. The molecule has 4 nitrogen and oxygen atoms in total. The fraction of sp³-hybridized carbons (Fsp3) is 0.417. The Kier molecular flexibility index (Phi) is 4.63. The van der Waals surface area contributed by atoms with Crippen molar-refractivity contribution in [3.05, 3.63) is 22.7 Å². The number of ether oxygens (including phenoxy) is 2. The van der Waals surface area contributed by atoms with Crippen molar-refractivity contribution in [2.24, 2.45) is 5.92 Å². The SMILES string of the molecule is COc1ccc(CC(C)C(=O)O)c(Cl)c1OC. The van der Waals surface area contributed by atoms with E-state index in [4.69, 9.17) is 26.2 Å². The molecule has 0 aliphatic rings. The highest BCUT2D eigenvalue weighted by molar-refractivity contribution is 6.33. The molecule has 0 spiro atoms. The van der Waals surface area contributed by atoms with Crippen LogP contribution < -0.4 is 9.47 Å². The van der Waals surface area contributed by atoms with Crippen molar-refractivity contribution < 1.29 is 19.4 Å². The second-order valence-electron chi connectivity index (χ2n) is 3.72. The lowest BCUT2D eigenvalue weighted by Gasteiger charge is -2.14. The quantitative estimate of drug-likeness (QED) is 0.882. The topological polar surface area (TPSA) is 55.8 Å². The van der Waals surface area contributed by atoms with Gasteiger partial charge in [0.2, 0.25) is 0 Å². The molecule has 17 heavy (non-hydrogen) atoms. The van der Waals surface area contributed by atoms with Crippen molar-refractivity contribution in [1.82, 2.24) is 0 Å². The molecule has 1 atom stereocenters. The number of rotatable bonds is 5. The number of carboxylic acid groups (broad SMARTS) is 1. The highest BCUT2D eigenvalue weighted by atomic mass is 35.5. The van der Waals surface area contributed by atoms with E-state index in [0.717, 1.165) is 5.56 Å². The van der Waals surface area contributed by atoms with Crippen molar-refractivity contribution in [3.63, 3.8) is 0 Å². The second kappa shape index (κ2) is 5.77. The van der Waals surface area contributed by atoms with Gasteiger partial charge in [-0.25, -0.2) is 0 Å². The molecule has 1 aromatic rings. The first-order chi connectivity index (χ1) is 8.01. The minimum atomic E-state index is -0.851. The molecular weight excluding hydrogens is 244 g/mol. The zero-order valence-electron chi connectivity index (χ0n) is 9.99. The van der Waals surface area contributed by atoms with Crippen LogP contribution in [0.3, 0.4) is 0 Å². The largest absolute Gasteiger partial charge is 0.493 e. The lowest BCUT2D eigenvalue weighted by Crippen LogP contribution is -2.12. The van der Waals surface area contributed by atoms with Gasteiger partial charge in [0.05, 0.1) is 25.2 Å². The third-order valence-corrected chi connectivity index (χ3v) is 2.93. The summed E-state index contributed by atoms with van der Waals surface area (Å²) in [5, 5.41) is 9.27. The molecule has 0 aromatic heterocycles. The Morgan fingerprint density at radius 2 is 2.06 bits per heavy atom. The van der Waals surface area contributed by atoms with Crippen molar-refractivity contribution in [1.29, 1.82) is 0 Å². The molecule has 94 valence electrons. The van der Waals surface area contributed by atoms with Crippen LogP contribution in [0, 0.1) is 5.92 Å². The number of carboxylic acids is 1. The Balaban J connectivity index is 3.06. The van der Waals surface area contributed by atoms with Crippen LogP contribution in [0.25, 0.3) is 0 Å². The van der Waals surface area contributed by atoms with E-state index in [9.17, 15) is 4.79 Å². The maximum atomic E-state index is 10.8. The Morgan fingerprint density at radius 3 is 2.53 bits per heavy atom. The molecule has 0 aliphatic heterocycles. The van der Waals surface area contributed by atoms with E-state index in [0.29, 0.717) is 22.9 Å². The number of aliphatic carboxylic acids is 1. The Labute approximate surface area is 105 Å². The van der Waals surface area contributed by atoms with Crippen molar-refractivity contribution in [2.75, 3.05) is 14.2 Å². The Hall–Kier alpha value is -1.42. The normalized spacial score (nSPS) is 12.0. The number of methoxy groups -OCH3 is 2. The van der Waals surface area contributed by atoms with Crippen LogP contribution >= 0.6 is 11.6 Å². The molecule has 1 rings (SSSR count). The minimum absolute atomic E-state index is 0.356. The number of hydrogen-bond acceptors (Lipinski definition) is 3. The molecule has 0 aliphatic carbocycles. The van der Waals surface area contributed by atoms with Gasteiger partial charge in [0.1, 0.15) is 0 Å². The number of halogens is 1. The lowest BCUT2D eigenvalue weighted by atomic mass is 10.0. The summed E-state index contributed by atoms with van der Waals surface area (Å²) in [5.74, 6) is -0.380. The zero-order valence-corrected chi connectivity index (χ0v) is 10.7. The van der Waals surface area contributed by atoms with Gasteiger partial charge in [-0.2, -0.15) is 0 Å². The van der Waals surface area contributed by atoms with Crippen LogP contribution in [-0.4, -0.2) is 25.3 Å². The van der Waals surface area contributed by atoms with Gasteiger partial charge < -0.3 is 14.6 Å².